The maximum absolute atomic E-state index is 5.15. The van der Waals surface area contributed by atoms with Crippen LogP contribution in [0.4, 0.5) is 0 Å². The van der Waals surface area contributed by atoms with Gasteiger partial charge in [0, 0.05) is 19.1 Å². The molecular weight excluding hydrogens is 152 g/mol. The molecule has 0 amide bonds. The Morgan fingerprint density at radius 1 is 1.58 bits per heavy atom. The Morgan fingerprint density at radius 2 is 2.25 bits per heavy atom. The Hall–Kier alpha value is -0.560. The smallest absolute Gasteiger partial charge is 0.0575 e. The Kier molecular flexibility index (Phi) is 4.09. The van der Waals surface area contributed by atoms with Crippen LogP contribution in [0.15, 0.2) is 0 Å². The van der Waals surface area contributed by atoms with Gasteiger partial charge >= 0.3 is 0 Å². The van der Waals surface area contributed by atoms with Gasteiger partial charge in [0.2, 0.25) is 0 Å². The molecule has 1 aliphatic rings. The van der Waals surface area contributed by atoms with Crippen molar-refractivity contribution in [3.8, 4) is 12.3 Å². The van der Waals surface area contributed by atoms with Crippen molar-refractivity contribution in [1.82, 2.24) is 10.4 Å². The zero-order valence-electron chi connectivity index (χ0n) is 7.55. The van der Waals surface area contributed by atoms with Gasteiger partial charge in [0.1, 0.15) is 0 Å². The van der Waals surface area contributed by atoms with Crippen molar-refractivity contribution < 1.29 is 4.84 Å². The van der Waals surface area contributed by atoms with Crippen LogP contribution >= 0.6 is 0 Å². The van der Waals surface area contributed by atoms with Crippen LogP contribution in [-0.2, 0) is 4.84 Å². The van der Waals surface area contributed by atoms with E-state index in [9.17, 15) is 0 Å². The lowest BCUT2D eigenvalue weighted by molar-refractivity contribution is -0.144. The maximum atomic E-state index is 5.15. The molecule has 3 nitrogen and oxygen atoms in total. The molecule has 0 atom stereocenters. The molecule has 1 N–H and O–H groups in total. The van der Waals surface area contributed by atoms with Crippen molar-refractivity contribution in [2.24, 2.45) is 0 Å². The molecule has 0 aliphatic carbocycles. The van der Waals surface area contributed by atoms with Gasteiger partial charge < -0.3 is 10.2 Å². The highest BCUT2D eigenvalue weighted by Gasteiger charge is 2.17. The Balaban J connectivity index is 2.14. The quantitative estimate of drug-likeness (QED) is 0.611. The van der Waals surface area contributed by atoms with Gasteiger partial charge in [0.05, 0.1) is 13.7 Å². The first kappa shape index (κ1) is 9.53. The summed E-state index contributed by atoms with van der Waals surface area (Å²) in [5.74, 6) is 2.58. The molecule has 1 fully saturated rings. The summed E-state index contributed by atoms with van der Waals surface area (Å²) in [6.07, 6.45) is 7.39. The molecule has 0 bridgehead atoms. The lowest BCUT2D eigenvalue weighted by Crippen LogP contribution is -2.42. The lowest BCUT2D eigenvalue weighted by Gasteiger charge is -2.30. The molecule has 1 rings (SSSR count). The second kappa shape index (κ2) is 5.15. The standard InChI is InChI=1S/C9H16N2O/c1-3-6-10-9-4-7-11(12-2)8-5-9/h1,9-10H,4-8H2,2H3. The summed E-state index contributed by atoms with van der Waals surface area (Å²) in [4.78, 5) is 5.11. The van der Waals surface area contributed by atoms with E-state index in [1.165, 1.54) is 0 Å². The first-order valence-corrected chi connectivity index (χ1v) is 4.32. The van der Waals surface area contributed by atoms with E-state index >= 15 is 0 Å². The molecule has 12 heavy (non-hydrogen) atoms. The molecule has 0 aromatic rings. The minimum atomic E-state index is 0.576. The minimum Gasteiger partial charge on any atom is -0.303 e. The van der Waals surface area contributed by atoms with Crippen LogP contribution in [-0.4, -0.2) is 37.8 Å². The van der Waals surface area contributed by atoms with Crippen molar-refractivity contribution >= 4 is 0 Å². The summed E-state index contributed by atoms with van der Waals surface area (Å²) in [6, 6.07) is 0.576. The number of hydroxylamine groups is 2. The average Bonchev–Trinajstić information content (AvgIpc) is 2.15. The Morgan fingerprint density at radius 3 is 2.75 bits per heavy atom. The third kappa shape index (κ3) is 2.82. The third-order valence-electron chi connectivity index (χ3n) is 2.20. The summed E-state index contributed by atoms with van der Waals surface area (Å²) in [6.45, 7) is 2.68. The van der Waals surface area contributed by atoms with Crippen LogP contribution in [0.5, 0.6) is 0 Å². The molecule has 0 unspecified atom stereocenters. The monoisotopic (exact) mass is 168 g/mol. The predicted molar refractivity (Wildman–Crippen MR) is 48.4 cm³/mol. The van der Waals surface area contributed by atoms with Gasteiger partial charge in [-0.1, -0.05) is 5.92 Å². The van der Waals surface area contributed by atoms with Gasteiger partial charge in [-0.15, -0.1) is 6.42 Å². The highest BCUT2D eigenvalue weighted by atomic mass is 16.7. The van der Waals surface area contributed by atoms with Crippen LogP contribution in [0.25, 0.3) is 0 Å². The average molecular weight is 168 g/mol. The molecule has 0 aromatic carbocycles. The van der Waals surface area contributed by atoms with Crippen molar-refractivity contribution in [3.05, 3.63) is 0 Å². The molecule has 1 aliphatic heterocycles. The van der Waals surface area contributed by atoms with Crippen molar-refractivity contribution in [1.29, 1.82) is 0 Å². The first-order valence-electron chi connectivity index (χ1n) is 4.32. The fourth-order valence-electron chi connectivity index (χ4n) is 1.45. The highest BCUT2D eigenvalue weighted by molar-refractivity contribution is 4.89. The molecule has 0 spiro atoms. The second-order valence-corrected chi connectivity index (χ2v) is 2.97. The zero-order valence-corrected chi connectivity index (χ0v) is 7.55. The fourth-order valence-corrected chi connectivity index (χ4v) is 1.45. The van der Waals surface area contributed by atoms with E-state index in [1.54, 1.807) is 7.11 Å². The van der Waals surface area contributed by atoms with Gasteiger partial charge in [-0.2, -0.15) is 5.06 Å². The molecular formula is C9H16N2O. The number of hydrogen-bond donors (Lipinski definition) is 1. The van der Waals surface area contributed by atoms with Gasteiger partial charge in [-0.3, -0.25) is 0 Å². The SMILES string of the molecule is C#CCNC1CCN(OC)CC1. The van der Waals surface area contributed by atoms with Gasteiger partial charge in [-0.25, -0.2) is 0 Å². The Labute approximate surface area is 74.0 Å². The summed E-state index contributed by atoms with van der Waals surface area (Å²) in [7, 11) is 1.72. The van der Waals surface area contributed by atoms with Crippen LogP contribution in [0.2, 0.25) is 0 Å². The topological polar surface area (TPSA) is 24.5 Å². The molecule has 0 aromatic heterocycles. The third-order valence-corrected chi connectivity index (χ3v) is 2.20. The largest absolute Gasteiger partial charge is 0.303 e. The molecule has 3 heteroatoms. The summed E-state index contributed by atoms with van der Waals surface area (Å²) < 4.78 is 0. The maximum Gasteiger partial charge on any atom is 0.0575 e. The number of piperidine rings is 1. The lowest BCUT2D eigenvalue weighted by atomic mass is 10.1. The number of hydrogen-bond acceptors (Lipinski definition) is 3. The normalized spacial score (nSPS) is 20.7. The van der Waals surface area contributed by atoms with E-state index in [0.717, 1.165) is 25.9 Å². The molecule has 1 heterocycles. The van der Waals surface area contributed by atoms with Crippen LogP contribution in [0.1, 0.15) is 12.8 Å². The van der Waals surface area contributed by atoms with E-state index in [2.05, 4.69) is 11.2 Å². The number of rotatable bonds is 3. The molecule has 68 valence electrons. The first-order chi connectivity index (χ1) is 5.86. The summed E-state index contributed by atoms with van der Waals surface area (Å²) in [5.41, 5.74) is 0. The summed E-state index contributed by atoms with van der Waals surface area (Å²) >= 11 is 0. The van der Waals surface area contributed by atoms with Crippen LogP contribution < -0.4 is 5.32 Å². The number of nitrogens with zero attached hydrogens (tertiary/aromatic N) is 1. The molecule has 0 saturated carbocycles. The highest BCUT2D eigenvalue weighted by Crippen LogP contribution is 2.09. The fraction of sp³-hybridized carbons (Fsp3) is 0.778. The van der Waals surface area contributed by atoms with E-state index < -0.39 is 0 Å². The minimum absolute atomic E-state index is 0.576. The van der Waals surface area contributed by atoms with Crippen LogP contribution in [0.3, 0.4) is 0 Å². The van der Waals surface area contributed by atoms with Gasteiger partial charge in [-0.05, 0) is 12.8 Å². The van der Waals surface area contributed by atoms with E-state index in [-0.39, 0.29) is 0 Å². The van der Waals surface area contributed by atoms with Gasteiger partial charge in [0.25, 0.3) is 0 Å². The molecule has 1 saturated heterocycles. The number of nitrogens with one attached hydrogen (secondary N) is 1. The van der Waals surface area contributed by atoms with Crippen LogP contribution in [0, 0.1) is 12.3 Å². The summed E-state index contributed by atoms with van der Waals surface area (Å²) in [5, 5.41) is 5.28. The van der Waals surface area contributed by atoms with Crippen molar-refractivity contribution in [2.45, 2.75) is 18.9 Å². The van der Waals surface area contributed by atoms with E-state index in [4.69, 9.17) is 11.3 Å². The second-order valence-electron chi connectivity index (χ2n) is 2.97. The number of terminal acetylenes is 1. The molecule has 0 radical (unpaired) electrons. The van der Waals surface area contributed by atoms with E-state index in [1.807, 2.05) is 5.06 Å². The van der Waals surface area contributed by atoms with Crippen molar-refractivity contribution in [2.75, 3.05) is 26.7 Å². The zero-order chi connectivity index (χ0) is 8.81. The van der Waals surface area contributed by atoms with Crippen molar-refractivity contribution in [3.63, 3.8) is 0 Å². The predicted octanol–water partition coefficient (Wildman–Crippen LogP) is 0.235. The Bertz CT molecular complexity index is 156. The van der Waals surface area contributed by atoms with E-state index in [0.29, 0.717) is 12.6 Å². The van der Waals surface area contributed by atoms with Gasteiger partial charge in [0.15, 0.2) is 0 Å².